The van der Waals surface area contributed by atoms with Crippen molar-refractivity contribution in [1.29, 1.82) is 0 Å². The molecular formula is C24H25ClF2N4O4. The summed E-state index contributed by atoms with van der Waals surface area (Å²) in [6, 6.07) is 4.64. The topological polar surface area (TPSA) is 106 Å². The highest BCUT2D eigenvalue weighted by Gasteiger charge is 2.19. The van der Waals surface area contributed by atoms with Gasteiger partial charge in [0.15, 0.2) is 0 Å². The highest BCUT2D eigenvalue weighted by Crippen LogP contribution is 2.24. The Morgan fingerprint density at radius 3 is 2.60 bits per heavy atom. The van der Waals surface area contributed by atoms with Crippen LogP contribution in [0.25, 0.3) is 0 Å². The number of amides is 1. The number of aliphatic hydroxyl groups excluding tert-OH is 1. The fourth-order valence-corrected chi connectivity index (χ4v) is 3.20. The Morgan fingerprint density at radius 2 is 1.97 bits per heavy atom. The number of halogens is 3. The van der Waals surface area contributed by atoms with Crippen LogP contribution in [0.15, 0.2) is 41.5 Å². The molecule has 0 atom stereocenters. The summed E-state index contributed by atoms with van der Waals surface area (Å²) in [5, 5.41) is 11.8. The summed E-state index contributed by atoms with van der Waals surface area (Å²) >= 11 is 6.20. The molecule has 11 heteroatoms. The van der Waals surface area contributed by atoms with E-state index in [4.69, 9.17) is 16.3 Å². The SMILES string of the molecule is Cc1cc(OCc2ccc(F)cc2F)c(Cl)c(=O)n1Cc1cnc(C(=O)NCC(C)(C)CO)cn1. The molecule has 0 saturated carbocycles. The van der Waals surface area contributed by atoms with Crippen LogP contribution in [0.4, 0.5) is 8.78 Å². The van der Waals surface area contributed by atoms with E-state index in [9.17, 15) is 23.5 Å². The minimum atomic E-state index is -0.765. The maximum absolute atomic E-state index is 13.8. The molecule has 0 saturated heterocycles. The number of aryl methyl sites for hydroxylation is 1. The molecule has 0 spiro atoms. The summed E-state index contributed by atoms with van der Waals surface area (Å²) in [5.41, 5.74) is 0.120. The lowest BCUT2D eigenvalue weighted by atomic mass is 9.95. The number of aromatic nitrogens is 3. The van der Waals surface area contributed by atoms with Crippen molar-refractivity contribution < 1.29 is 23.4 Å². The van der Waals surface area contributed by atoms with Gasteiger partial charge in [-0.05, 0) is 19.1 Å². The van der Waals surface area contributed by atoms with Crippen LogP contribution >= 0.6 is 11.6 Å². The first-order valence-electron chi connectivity index (χ1n) is 10.7. The quantitative estimate of drug-likeness (QED) is 0.461. The number of pyridine rings is 1. The molecule has 0 aliphatic rings. The Bertz CT molecular complexity index is 1280. The molecule has 2 heterocycles. The average Bonchev–Trinajstić information content (AvgIpc) is 2.83. The van der Waals surface area contributed by atoms with Gasteiger partial charge in [-0.1, -0.05) is 25.4 Å². The zero-order valence-electron chi connectivity index (χ0n) is 19.4. The van der Waals surface area contributed by atoms with E-state index in [-0.39, 0.29) is 48.3 Å². The van der Waals surface area contributed by atoms with Gasteiger partial charge in [-0.15, -0.1) is 0 Å². The zero-order valence-corrected chi connectivity index (χ0v) is 20.2. The predicted molar refractivity (Wildman–Crippen MR) is 125 cm³/mol. The summed E-state index contributed by atoms with van der Waals surface area (Å²) in [6.07, 6.45) is 2.68. The van der Waals surface area contributed by atoms with Gasteiger partial charge in [-0.3, -0.25) is 14.6 Å². The molecule has 3 aromatic rings. The molecule has 0 aliphatic carbocycles. The summed E-state index contributed by atoms with van der Waals surface area (Å²) in [6.45, 7) is 5.28. The number of benzene rings is 1. The molecule has 0 fully saturated rings. The minimum Gasteiger partial charge on any atom is -0.487 e. The Hall–Kier alpha value is -3.37. The summed E-state index contributed by atoms with van der Waals surface area (Å²) in [7, 11) is 0. The van der Waals surface area contributed by atoms with E-state index in [0.29, 0.717) is 11.4 Å². The maximum Gasteiger partial charge on any atom is 0.273 e. The van der Waals surface area contributed by atoms with E-state index in [2.05, 4.69) is 15.3 Å². The van der Waals surface area contributed by atoms with Gasteiger partial charge >= 0.3 is 0 Å². The highest BCUT2D eigenvalue weighted by molar-refractivity contribution is 6.31. The third-order valence-corrected chi connectivity index (χ3v) is 5.57. The molecule has 8 nitrogen and oxygen atoms in total. The molecule has 0 bridgehead atoms. The second kappa shape index (κ2) is 10.9. The van der Waals surface area contributed by atoms with Crippen molar-refractivity contribution in [3.05, 3.63) is 86.3 Å². The molecular weight excluding hydrogens is 482 g/mol. The van der Waals surface area contributed by atoms with Crippen LogP contribution in [0.3, 0.4) is 0 Å². The first kappa shape index (κ1) is 26.2. The maximum atomic E-state index is 13.8. The molecule has 0 unspecified atom stereocenters. The van der Waals surface area contributed by atoms with Gasteiger partial charge in [0.1, 0.15) is 34.7 Å². The fourth-order valence-electron chi connectivity index (χ4n) is 2.99. The average molecular weight is 507 g/mol. The number of hydrogen-bond donors (Lipinski definition) is 2. The molecule has 35 heavy (non-hydrogen) atoms. The highest BCUT2D eigenvalue weighted by atomic mass is 35.5. The van der Waals surface area contributed by atoms with Gasteiger partial charge in [0.2, 0.25) is 0 Å². The first-order chi connectivity index (χ1) is 16.5. The standard InChI is InChI=1S/C24H25ClF2N4O4/c1-14-6-20(35-11-15-4-5-16(26)7-18(15)27)21(25)23(34)31(14)10-17-8-29-19(9-28-17)22(33)30-12-24(2,3)13-32/h4-9,32H,10-13H2,1-3H3,(H,30,33). The molecule has 2 N–H and O–H groups in total. The fraction of sp³-hybridized carbons (Fsp3) is 0.333. The third-order valence-electron chi connectivity index (χ3n) is 5.23. The van der Waals surface area contributed by atoms with Gasteiger partial charge in [0.25, 0.3) is 11.5 Å². The van der Waals surface area contributed by atoms with E-state index in [0.717, 1.165) is 12.1 Å². The Labute approximate surface area is 205 Å². The van der Waals surface area contributed by atoms with Gasteiger partial charge in [0.05, 0.1) is 24.6 Å². The molecule has 1 aromatic carbocycles. The molecule has 186 valence electrons. The first-order valence-corrected chi connectivity index (χ1v) is 11.0. The third kappa shape index (κ3) is 6.61. The van der Waals surface area contributed by atoms with Gasteiger partial charge in [0, 0.05) is 42.0 Å². The number of carbonyl (C=O) groups is 1. The van der Waals surface area contributed by atoms with Crippen LogP contribution in [0.2, 0.25) is 5.02 Å². The van der Waals surface area contributed by atoms with E-state index in [1.54, 1.807) is 6.92 Å². The zero-order chi connectivity index (χ0) is 25.8. The normalized spacial score (nSPS) is 11.4. The monoisotopic (exact) mass is 506 g/mol. The lowest BCUT2D eigenvalue weighted by molar-refractivity contribution is 0.0905. The second-order valence-corrected chi connectivity index (χ2v) is 9.16. The van der Waals surface area contributed by atoms with Crippen LogP contribution in [0.1, 0.15) is 41.3 Å². The van der Waals surface area contributed by atoms with Crippen LogP contribution in [-0.4, -0.2) is 38.7 Å². The van der Waals surface area contributed by atoms with E-state index in [1.165, 1.54) is 29.1 Å². The van der Waals surface area contributed by atoms with Crippen LogP contribution < -0.4 is 15.6 Å². The minimum absolute atomic E-state index is 0.0453. The molecule has 3 rings (SSSR count). The lowest BCUT2D eigenvalue weighted by Gasteiger charge is -2.21. The number of aliphatic hydroxyl groups is 1. The van der Waals surface area contributed by atoms with Crippen molar-refractivity contribution >= 4 is 17.5 Å². The van der Waals surface area contributed by atoms with E-state index in [1.807, 2.05) is 13.8 Å². The van der Waals surface area contributed by atoms with Gasteiger partial charge in [-0.2, -0.15) is 0 Å². The number of ether oxygens (including phenoxy) is 1. The molecule has 0 aliphatic heterocycles. The second-order valence-electron chi connectivity index (χ2n) is 8.78. The van der Waals surface area contributed by atoms with Gasteiger partial charge < -0.3 is 19.7 Å². The summed E-state index contributed by atoms with van der Waals surface area (Å²) < 4.78 is 33.8. The number of nitrogens with zero attached hydrogens (tertiary/aromatic N) is 3. The molecule has 0 radical (unpaired) electrons. The summed E-state index contributed by atoms with van der Waals surface area (Å²) in [4.78, 5) is 33.4. The van der Waals surface area contributed by atoms with Crippen molar-refractivity contribution in [2.75, 3.05) is 13.2 Å². The van der Waals surface area contributed by atoms with E-state index < -0.39 is 28.5 Å². The Kier molecular flexibility index (Phi) is 8.18. The van der Waals surface area contributed by atoms with Crippen molar-refractivity contribution in [3.8, 4) is 5.75 Å². The number of nitrogens with one attached hydrogen (secondary N) is 1. The number of hydrogen-bond acceptors (Lipinski definition) is 6. The van der Waals surface area contributed by atoms with Crippen molar-refractivity contribution in [2.45, 2.75) is 33.9 Å². The lowest BCUT2D eigenvalue weighted by Crippen LogP contribution is -2.36. The summed E-state index contributed by atoms with van der Waals surface area (Å²) in [5.74, 6) is -1.83. The van der Waals surface area contributed by atoms with Crippen LogP contribution in [0.5, 0.6) is 5.75 Å². The number of carbonyl (C=O) groups excluding carboxylic acids is 1. The number of rotatable bonds is 9. The van der Waals surface area contributed by atoms with Crippen LogP contribution in [0, 0.1) is 24.0 Å². The smallest absolute Gasteiger partial charge is 0.273 e. The molecule has 2 aromatic heterocycles. The van der Waals surface area contributed by atoms with E-state index >= 15 is 0 Å². The Balaban J connectivity index is 1.71. The largest absolute Gasteiger partial charge is 0.487 e. The van der Waals surface area contributed by atoms with Gasteiger partial charge in [-0.25, -0.2) is 13.8 Å². The Morgan fingerprint density at radius 1 is 1.23 bits per heavy atom. The van der Waals surface area contributed by atoms with Crippen molar-refractivity contribution in [3.63, 3.8) is 0 Å². The van der Waals surface area contributed by atoms with Crippen LogP contribution in [-0.2, 0) is 13.2 Å². The van der Waals surface area contributed by atoms with Crippen molar-refractivity contribution in [2.24, 2.45) is 5.41 Å². The molecule has 1 amide bonds. The predicted octanol–water partition coefficient (Wildman–Crippen LogP) is 3.25. The van der Waals surface area contributed by atoms with Crippen molar-refractivity contribution in [1.82, 2.24) is 19.9 Å².